The summed E-state index contributed by atoms with van der Waals surface area (Å²) in [5, 5.41) is 9.50. The van der Waals surface area contributed by atoms with Gasteiger partial charge in [-0.15, -0.1) is 11.3 Å². The van der Waals surface area contributed by atoms with Gasteiger partial charge in [-0.3, -0.25) is 9.59 Å². The molecule has 1 N–H and O–H groups in total. The third-order valence-corrected chi connectivity index (χ3v) is 4.32. The molecule has 1 aromatic heterocycles. The SMILES string of the molecule is CCOc1ccc(-c2nc(C)c(C(=O)N(C)CC(=O)O)s2)cc1. The van der Waals surface area contributed by atoms with Crippen molar-refractivity contribution in [3.63, 3.8) is 0 Å². The van der Waals surface area contributed by atoms with Gasteiger partial charge in [0.05, 0.1) is 12.3 Å². The number of carbonyl (C=O) groups excluding carboxylic acids is 1. The molecule has 0 atom stereocenters. The summed E-state index contributed by atoms with van der Waals surface area (Å²) in [4.78, 5) is 29.1. The minimum atomic E-state index is -1.05. The van der Waals surface area contributed by atoms with Gasteiger partial charge in [-0.1, -0.05) is 0 Å². The predicted molar refractivity (Wildman–Crippen MR) is 88.1 cm³/mol. The Balaban J connectivity index is 2.23. The Hall–Kier alpha value is -2.41. The minimum Gasteiger partial charge on any atom is -0.494 e. The molecule has 2 aromatic rings. The fourth-order valence-corrected chi connectivity index (χ4v) is 3.09. The molecule has 0 aliphatic carbocycles. The molecular weight excluding hydrogens is 316 g/mol. The number of amides is 1. The van der Waals surface area contributed by atoms with Crippen LogP contribution in [-0.2, 0) is 4.79 Å². The van der Waals surface area contributed by atoms with Crippen molar-refractivity contribution >= 4 is 23.2 Å². The number of aryl methyl sites for hydroxylation is 1. The van der Waals surface area contributed by atoms with Crippen LogP contribution in [0.1, 0.15) is 22.3 Å². The van der Waals surface area contributed by atoms with Crippen LogP contribution in [0.5, 0.6) is 5.75 Å². The molecule has 0 radical (unpaired) electrons. The summed E-state index contributed by atoms with van der Waals surface area (Å²) >= 11 is 1.26. The molecular formula is C16H18N2O4S. The molecule has 1 aromatic carbocycles. The first-order chi connectivity index (χ1) is 10.9. The minimum absolute atomic E-state index is 0.334. The summed E-state index contributed by atoms with van der Waals surface area (Å²) < 4.78 is 5.40. The van der Waals surface area contributed by atoms with Gasteiger partial charge in [0, 0.05) is 12.6 Å². The van der Waals surface area contributed by atoms with Gasteiger partial charge in [0.25, 0.3) is 5.91 Å². The summed E-state index contributed by atoms with van der Waals surface area (Å²) in [7, 11) is 1.46. The lowest BCUT2D eigenvalue weighted by Crippen LogP contribution is -2.31. The first kappa shape index (κ1) is 17.0. The van der Waals surface area contributed by atoms with Crippen LogP contribution in [0.15, 0.2) is 24.3 Å². The van der Waals surface area contributed by atoms with Gasteiger partial charge >= 0.3 is 5.97 Å². The smallest absolute Gasteiger partial charge is 0.323 e. The molecule has 0 saturated heterocycles. The van der Waals surface area contributed by atoms with E-state index in [1.807, 2.05) is 31.2 Å². The average molecular weight is 334 g/mol. The summed E-state index contributed by atoms with van der Waals surface area (Å²) in [6.07, 6.45) is 0. The van der Waals surface area contributed by atoms with E-state index in [0.717, 1.165) is 16.3 Å². The van der Waals surface area contributed by atoms with Crippen molar-refractivity contribution < 1.29 is 19.4 Å². The number of thiazole rings is 1. The Morgan fingerprint density at radius 1 is 1.30 bits per heavy atom. The fourth-order valence-electron chi connectivity index (χ4n) is 2.03. The predicted octanol–water partition coefficient (Wildman–Crippen LogP) is 2.67. The molecule has 6 nitrogen and oxygen atoms in total. The number of carbonyl (C=O) groups is 2. The molecule has 23 heavy (non-hydrogen) atoms. The first-order valence-electron chi connectivity index (χ1n) is 7.10. The number of hydrogen-bond acceptors (Lipinski definition) is 5. The Morgan fingerprint density at radius 2 is 1.96 bits per heavy atom. The van der Waals surface area contributed by atoms with E-state index >= 15 is 0 Å². The average Bonchev–Trinajstić information content (AvgIpc) is 2.89. The lowest BCUT2D eigenvalue weighted by Gasteiger charge is -2.13. The standard InChI is InChI=1S/C16H18N2O4S/c1-4-22-12-7-5-11(6-8-12)15-17-10(2)14(23-15)16(21)18(3)9-13(19)20/h5-8H,4,9H2,1-3H3,(H,19,20). The zero-order valence-corrected chi connectivity index (χ0v) is 14.0. The molecule has 0 unspecified atom stereocenters. The van der Waals surface area contributed by atoms with E-state index in [1.54, 1.807) is 6.92 Å². The zero-order valence-electron chi connectivity index (χ0n) is 13.2. The molecule has 0 bridgehead atoms. The van der Waals surface area contributed by atoms with Crippen LogP contribution in [0, 0.1) is 6.92 Å². The third-order valence-electron chi connectivity index (χ3n) is 3.12. The topological polar surface area (TPSA) is 79.7 Å². The van der Waals surface area contributed by atoms with Gasteiger partial charge in [-0.25, -0.2) is 4.98 Å². The van der Waals surface area contributed by atoms with Crippen LogP contribution in [0.4, 0.5) is 0 Å². The van der Waals surface area contributed by atoms with Crippen LogP contribution >= 0.6 is 11.3 Å². The number of likely N-dealkylation sites (N-methyl/N-ethyl adjacent to an activating group) is 1. The van der Waals surface area contributed by atoms with Crippen LogP contribution in [0.25, 0.3) is 10.6 Å². The van der Waals surface area contributed by atoms with E-state index in [-0.39, 0.29) is 12.5 Å². The second-order valence-corrected chi connectivity index (χ2v) is 5.94. The van der Waals surface area contributed by atoms with Gasteiger partial charge in [0.2, 0.25) is 0 Å². The number of rotatable bonds is 6. The Labute approximate surface area is 138 Å². The van der Waals surface area contributed by atoms with E-state index in [1.165, 1.54) is 23.3 Å². The van der Waals surface area contributed by atoms with Crippen molar-refractivity contribution in [3.05, 3.63) is 34.8 Å². The number of aromatic nitrogens is 1. The quantitative estimate of drug-likeness (QED) is 0.878. The van der Waals surface area contributed by atoms with Gasteiger partial charge in [-0.2, -0.15) is 0 Å². The fraction of sp³-hybridized carbons (Fsp3) is 0.312. The summed E-state index contributed by atoms with van der Waals surface area (Å²) in [6.45, 7) is 3.93. The number of benzene rings is 1. The highest BCUT2D eigenvalue weighted by Gasteiger charge is 2.21. The Bertz CT molecular complexity index is 709. The molecule has 1 amide bonds. The number of ether oxygens (including phenoxy) is 1. The molecule has 122 valence electrons. The van der Waals surface area contributed by atoms with Crippen LogP contribution in [-0.4, -0.2) is 47.1 Å². The second kappa shape index (κ2) is 7.23. The highest BCUT2D eigenvalue weighted by atomic mass is 32.1. The largest absolute Gasteiger partial charge is 0.494 e. The Morgan fingerprint density at radius 3 is 2.52 bits per heavy atom. The number of carboxylic acids is 1. The van der Waals surface area contributed by atoms with Gasteiger partial charge in [0.15, 0.2) is 0 Å². The molecule has 0 aliphatic rings. The van der Waals surface area contributed by atoms with E-state index in [2.05, 4.69) is 4.98 Å². The maximum absolute atomic E-state index is 12.3. The van der Waals surface area contributed by atoms with E-state index in [9.17, 15) is 9.59 Å². The highest BCUT2D eigenvalue weighted by molar-refractivity contribution is 7.17. The Kier molecular flexibility index (Phi) is 5.33. The first-order valence-corrected chi connectivity index (χ1v) is 7.92. The summed E-state index contributed by atoms with van der Waals surface area (Å²) in [5.41, 5.74) is 1.49. The van der Waals surface area contributed by atoms with Gasteiger partial charge in [0.1, 0.15) is 22.2 Å². The highest BCUT2D eigenvalue weighted by Crippen LogP contribution is 2.29. The van der Waals surface area contributed by atoms with E-state index in [4.69, 9.17) is 9.84 Å². The van der Waals surface area contributed by atoms with Crippen LogP contribution in [0.2, 0.25) is 0 Å². The van der Waals surface area contributed by atoms with Crippen LogP contribution < -0.4 is 4.74 Å². The molecule has 7 heteroatoms. The zero-order chi connectivity index (χ0) is 17.0. The normalized spacial score (nSPS) is 10.4. The van der Waals surface area contributed by atoms with E-state index in [0.29, 0.717) is 17.2 Å². The number of aliphatic carboxylic acids is 1. The third kappa shape index (κ3) is 4.07. The summed E-state index contributed by atoms with van der Waals surface area (Å²) in [5.74, 6) is -0.601. The van der Waals surface area contributed by atoms with E-state index < -0.39 is 5.97 Å². The van der Waals surface area contributed by atoms with Crippen molar-refractivity contribution in [1.82, 2.24) is 9.88 Å². The molecule has 1 heterocycles. The molecule has 0 saturated carbocycles. The second-order valence-electron chi connectivity index (χ2n) is 4.95. The van der Waals surface area contributed by atoms with Crippen LogP contribution in [0.3, 0.4) is 0 Å². The van der Waals surface area contributed by atoms with Gasteiger partial charge < -0.3 is 14.7 Å². The van der Waals surface area contributed by atoms with Crippen molar-refractivity contribution in [3.8, 4) is 16.3 Å². The molecule has 0 aliphatic heterocycles. The monoisotopic (exact) mass is 334 g/mol. The lowest BCUT2D eigenvalue weighted by molar-refractivity contribution is -0.137. The maximum Gasteiger partial charge on any atom is 0.323 e. The van der Waals surface area contributed by atoms with Crippen molar-refractivity contribution in [2.75, 3.05) is 20.2 Å². The number of hydrogen-bond donors (Lipinski definition) is 1. The summed E-state index contributed by atoms with van der Waals surface area (Å²) in [6, 6.07) is 7.48. The molecule has 0 fully saturated rings. The molecule has 2 rings (SSSR count). The molecule has 0 spiro atoms. The number of nitrogens with zero attached hydrogens (tertiary/aromatic N) is 2. The van der Waals surface area contributed by atoms with Crippen molar-refractivity contribution in [2.45, 2.75) is 13.8 Å². The lowest BCUT2D eigenvalue weighted by atomic mass is 10.2. The van der Waals surface area contributed by atoms with Gasteiger partial charge in [-0.05, 0) is 38.1 Å². The van der Waals surface area contributed by atoms with Crippen molar-refractivity contribution in [2.24, 2.45) is 0 Å². The maximum atomic E-state index is 12.3. The number of carboxylic acid groups (broad SMARTS) is 1. The van der Waals surface area contributed by atoms with Crippen molar-refractivity contribution in [1.29, 1.82) is 0 Å².